The van der Waals surface area contributed by atoms with E-state index in [-0.39, 0.29) is 12.1 Å². The van der Waals surface area contributed by atoms with Crippen molar-refractivity contribution in [3.63, 3.8) is 0 Å². The molecule has 0 saturated carbocycles. The summed E-state index contributed by atoms with van der Waals surface area (Å²) in [4.78, 5) is 27.3. The van der Waals surface area contributed by atoms with Gasteiger partial charge in [-0.05, 0) is 70.0 Å². The molecule has 0 radical (unpaired) electrons. The molecule has 0 atom stereocenters. The fraction of sp³-hybridized carbons (Fsp3) is 0.333. The maximum Gasteiger partial charge on any atom is 0.320 e. The van der Waals surface area contributed by atoms with Crippen molar-refractivity contribution in [1.82, 2.24) is 20.4 Å². The maximum absolute atomic E-state index is 11.8. The summed E-state index contributed by atoms with van der Waals surface area (Å²) < 4.78 is 0. The monoisotopic (exact) mass is 398 g/mol. The van der Waals surface area contributed by atoms with Crippen molar-refractivity contribution < 1.29 is 9.59 Å². The number of hydrogen-bond donors (Lipinski definition) is 4. The molecule has 0 fully saturated rings. The van der Waals surface area contributed by atoms with Gasteiger partial charge in [0.2, 0.25) is 0 Å². The van der Waals surface area contributed by atoms with Crippen LogP contribution in [0, 0.1) is 0 Å². The summed E-state index contributed by atoms with van der Waals surface area (Å²) in [6.07, 6.45) is 0.764. The fourth-order valence-corrected chi connectivity index (χ4v) is 2.46. The van der Waals surface area contributed by atoms with Gasteiger partial charge in [-0.1, -0.05) is 24.3 Å². The Morgan fingerprint density at radius 1 is 0.655 bits per heavy atom. The number of rotatable bonds is 8. The predicted octanol–water partition coefficient (Wildman–Crippen LogP) is 2.56. The highest BCUT2D eigenvalue weighted by atomic mass is 16.2. The van der Waals surface area contributed by atoms with Gasteiger partial charge in [0.1, 0.15) is 0 Å². The summed E-state index contributed by atoms with van der Waals surface area (Å²) in [6.45, 7) is 0.957. The van der Waals surface area contributed by atoms with Crippen molar-refractivity contribution in [3.05, 3.63) is 59.7 Å². The Morgan fingerprint density at radius 3 is 1.31 bits per heavy atom. The minimum Gasteiger partial charge on any atom is -0.325 e. The lowest BCUT2D eigenvalue weighted by atomic mass is 10.0. The van der Waals surface area contributed by atoms with Crippen LogP contribution >= 0.6 is 0 Å². The highest BCUT2D eigenvalue weighted by molar-refractivity contribution is 5.89. The number of nitrogens with zero attached hydrogens (tertiary/aromatic N) is 2. The van der Waals surface area contributed by atoms with Crippen LogP contribution in [-0.2, 0) is 6.42 Å². The molecule has 2 rings (SSSR count). The van der Waals surface area contributed by atoms with E-state index >= 15 is 0 Å². The zero-order valence-electron chi connectivity index (χ0n) is 17.5. The third kappa shape index (κ3) is 8.63. The van der Waals surface area contributed by atoms with Crippen LogP contribution in [0.3, 0.4) is 0 Å². The van der Waals surface area contributed by atoms with E-state index in [1.807, 2.05) is 86.5 Å². The minimum absolute atomic E-state index is 0.232. The van der Waals surface area contributed by atoms with Gasteiger partial charge in [-0.2, -0.15) is 0 Å². The van der Waals surface area contributed by atoms with E-state index in [9.17, 15) is 9.59 Å². The molecule has 0 aliphatic carbocycles. The molecule has 2 aromatic carbocycles. The van der Waals surface area contributed by atoms with E-state index in [0.29, 0.717) is 13.3 Å². The molecule has 0 unspecified atom stereocenters. The van der Waals surface area contributed by atoms with E-state index < -0.39 is 0 Å². The van der Waals surface area contributed by atoms with Crippen molar-refractivity contribution in [2.75, 3.05) is 52.2 Å². The zero-order chi connectivity index (χ0) is 21.2. The summed E-state index contributed by atoms with van der Waals surface area (Å²) in [5.41, 5.74) is 3.75. The van der Waals surface area contributed by atoms with Gasteiger partial charge in [-0.15, -0.1) is 0 Å². The molecular formula is C21H30N6O2. The lowest BCUT2D eigenvalue weighted by Gasteiger charge is -2.13. The van der Waals surface area contributed by atoms with E-state index in [0.717, 1.165) is 28.9 Å². The highest BCUT2D eigenvalue weighted by Crippen LogP contribution is 2.16. The van der Waals surface area contributed by atoms with E-state index in [1.165, 1.54) is 0 Å². The van der Waals surface area contributed by atoms with Crippen LogP contribution < -0.4 is 21.3 Å². The van der Waals surface area contributed by atoms with E-state index in [4.69, 9.17) is 0 Å². The van der Waals surface area contributed by atoms with Crippen molar-refractivity contribution in [3.8, 4) is 0 Å². The van der Waals surface area contributed by atoms with Gasteiger partial charge in [0.15, 0.2) is 0 Å². The topological polar surface area (TPSA) is 88.7 Å². The first-order chi connectivity index (χ1) is 13.8. The normalized spacial score (nSPS) is 10.7. The van der Waals surface area contributed by atoms with Crippen LogP contribution in [0.25, 0.3) is 0 Å². The average Bonchev–Trinajstić information content (AvgIpc) is 2.68. The van der Waals surface area contributed by atoms with E-state index in [2.05, 4.69) is 21.3 Å². The largest absolute Gasteiger partial charge is 0.325 e. The molecule has 2 aromatic rings. The second-order valence-electron chi connectivity index (χ2n) is 7.31. The molecule has 0 bridgehead atoms. The lowest BCUT2D eigenvalue weighted by Crippen LogP contribution is -2.36. The van der Waals surface area contributed by atoms with Crippen LogP contribution in [0.15, 0.2) is 48.5 Å². The van der Waals surface area contributed by atoms with Gasteiger partial charge in [0.25, 0.3) is 0 Å². The van der Waals surface area contributed by atoms with Gasteiger partial charge in [-0.3, -0.25) is 9.80 Å². The molecule has 29 heavy (non-hydrogen) atoms. The Balaban J connectivity index is 1.83. The Bertz CT molecular complexity index is 720. The second-order valence-corrected chi connectivity index (χ2v) is 7.31. The number of hydrogen-bond acceptors (Lipinski definition) is 4. The van der Waals surface area contributed by atoms with Crippen LogP contribution in [0.1, 0.15) is 11.1 Å². The average molecular weight is 399 g/mol. The maximum atomic E-state index is 11.8. The fourth-order valence-electron chi connectivity index (χ4n) is 2.46. The minimum atomic E-state index is -0.232. The van der Waals surface area contributed by atoms with Crippen molar-refractivity contribution in [2.24, 2.45) is 0 Å². The second kappa shape index (κ2) is 11.0. The highest BCUT2D eigenvalue weighted by Gasteiger charge is 2.04. The molecule has 156 valence electrons. The van der Waals surface area contributed by atoms with Crippen molar-refractivity contribution in [2.45, 2.75) is 6.42 Å². The number of carbonyl (C=O) groups is 2. The third-order valence-corrected chi connectivity index (χ3v) is 3.94. The molecule has 0 heterocycles. The molecule has 0 aliphatic heterocycles. The Labute approximate surface area is 172 Å². The Hall–Kier alpha value is -3.10. The van der Waals surface area contributed by atoms with Crippen molar-refractivity contribution >= 4 is 23.4 Å². The van der Waals surface area contributed by atoms with Gasteiger partial charge in [0, 0.05) is 11.4 Å². The molecule has 0 saturated heterocycles. The number of nitrogens with one attached hydrogen (secondary N) is 4. The first-order valence-corrected chi connectivity index (χ1v) is 9.39. The molecular weight excluding hydrogens is 368 g/mol. The molecule has 0 spiro atoms. The third-order valence-electron chi connectivity index (χ3n) is 3.94. The first-order valence-electron chi connectivity index (χ1n) is 9.39. The first kappa shape index (κ1) is 22.2. The Kier molecular flexibility index (Phi) is 8.45. The number of anilines is 2. The summed E-state index contributed by atoms with van der Waals surface area (Å²) in [7, 11) is 7.55. The zero-order valence-corrected chi connectivity index (χ0v) is 17.5. The molecule has 4 N–H and O–H groups in total. The van der Waals surface area contributed by atoms with Crippen molar-refractivity contribution in [1.29, 1.82) is 0 Å². The smallest absolute Gasteiger partial charge is 0.320 e. The van der Waals surface area contributed by atoms with Gasteiger partial charge in [-0.25, -0.2) is 9.59 Å². The number of carbonyl (C=O) groups excluding carboxylic acids is 2. The summed E-state index contributed by atoms with van der Waals surface area (Å²) in [5, 5.41) is 11.1. The molecule has 0 aromatic heterocycles. The molecule has 8 nitrogen and oxygen atoms in total. The van der Waals surface area contributed by atoms with Crippen LogP contribution in [0.2, 0.25) is 0 Å². The summed E-state index contributed by atoms with van der Waals surface area (Å²) >= 11 is 0. The molecule has 4 amide bonds. The quantitative estimate of drug-likeness (QED) is 0.515. The summed E-state index contributed by atoms with van der Waals surface area (Å²) in [5.74, 6) is 0. The number of benzene rings is 2. The summed E-state index contributed by atoms with van der Waals surface area (Å²) in [6, 6.07) is 15.0. The van der Waals surface area contributed by atoms with E-state index in [1.54, 1.807) is 0 Å². The van der Waals surface area contributed by atoms with Crippen LogP contribution in [0.4, 0.5) is 21.0 Å². The number of urea groups is 2. The lowest BCUT2D eigenvalue weighted by molar-refractivity contribution is 0.244. The van der Waals surface area contributed by atoms with Gasteiger partial charge in [0.05, 0.1) is 13.3 Å². The molecule has 0 aliphatic rings. The molecule has 8 heteroatoms. The van der Waals surface area contributed by atoms with Gasteiger partial charge >= 0.3 is 12.1 Å². The predicted molar refractivity (Wildman–Crippen MR) is 117 cm³/mol. The Morgan fingerprint density at radius 2 is 1.00 bits per heavy atom. The van der Waals surface area contributed by atoms with Crippen LogP contribution in [0.5, 0.6) is 0 Å². The van der Waals surface area contributed by atoms with Crippen LogP contribution in [-0.4, -0.2) is 63.4 Å². The standard InChI is InChI=1S/C21H30N6O2/c1-26(2)14-22-20(28)24-18-9-5-16(6-10-18)13-17-7-11-19(12-8-17)25-21(29)23-15-27(3)4/h5-12H,13-15H2,1-4H3,(H2,22,24,28)(H2,23,25,29). The van der Waals surface area contributed by atoms with Gasteiger partial charge < -0.3 is 21.3 Å². The number of amides is 4. The SMILES string of the molecule is CN(C)CNC(=O)Nc1ccc(Cc2ccc(NC(=O)NCN(C)C)cc2)cc1.